The number of nitrogens with one attached hydrogen (secondary N) is 1. The molecule has 2 rings (SSSR count). The van der Waals surface area contributed by atoms with Crippen molar-refractivity contribution >= 4 is 49.9 Å². The van der Waals surface area contributed by atoms with Crippen molar-refractivity contribution in [2.45, 2.75) is 18.4 Å². The molecule has 0 bridgehead atoms. The molecule has 2 N–H and O–H groups in total. The summed E-state index contributed by atoms with van der Waals surface area (Å²) >= 11 is 8.15. The van der Waals surface area contributed by atoms with Crippen LogP contribution in [0.2, 0.25) is 5.02 Å². The molecule has 112 valence electrons. The minimum Gasteiger partial charge on any atom is -0.392 e. The van der Waals surface area contributed by atoms with E-state index in [1.165, 1.54) is 6.07 Å². The van der Waals surface area contributed by atoms with Crippen LogP contribution in [0.4, 0.5) is 5.69 Å². The predicted octanol–water partition coefficient (Wildman–Crippen LogP) is 3.55. The maximum absolute atomic E-state index is 12.5. The van der Waals surface area contributed by atoms with Crippen LogP contribution in [0, 0.1) is 10.5 Å². The molecule has 4 nitrogen and oxygen atoms in total. The highest BCUT2D eigenvalue weighted by molar-refractivity contribution is 14.1. The molecule has 0 saturated heterocycles. The summed E-state index contributed by atoms with van der Waals surface area (Å²) in [6.45, 7) is 1.48. The van der Waals surface area contributed by atoms with Gasteiger partial charge in [-0.05, 0) is 64.9 Å². The van der Waals surface area contributed by atoms with Crippen molar-refractivity contribution in [3.05, 3.63) is 56.1 Å². The maximum Gasteiger partial charge on any atom is 0.262 e. The van der Waals surface area contributed by atoms with E-state index in [4.69, 9.17) is 16.7 Å². The standard InChI is InChI=1S/C14H13ClINO3S/c1-9-2-3-10(8-18)6-14(9)21(19,20)17-13-5-4-11(16)7-12(13)15/h2-7,17-18H,8H2,1H3. The highest BCUT2D eigenvalue weighted by Crippen LogP contribution is 2.27. The summed E-state index contributed by atoms with van der Waals surface area (Å²) in [7, 11) is -3.76. The minimum absolute atomic E-state index is 0.128. The van der Waals surface area contributed by atoms with E-state index in [0.717, 1.165) is 3.57 Å². The average Bonchev–Trinajstić information content (AvgIpc) is 2.42. The van der Waals surface area contributed by atoms with Gasteiger partial charge in [-0.3, -0.25) is 4.72 Å². The number of benzene rings is 2. The van der Waals surface area contributed by atoms with E-state index in [-0.39, 0.29) is 11.5 Å². The van der Waals surface area contributed by atoms with Crippen LogP contribution < -0.4 is 4.72 Å². The van der Waals surface area contributed by atoms with E-state index in [0.29, 0.717) is 21.8 Å². The fraction of sp³-hybridized carbons (Fsp3) is 0.143. The van der Waals surface area contributed by atoms with Gasteiger partial charge in [0.15, 0.2) is 0 Å². The number of aryl methyl sites for hydroxylation is 1. The van der Waals surface area contributed by atoms with Gasteiger partial charge in [0.1, 0.15) is 0 Å². The Balaban J connectivity index is 2.43. The lowest BCUT2D eigenvalue weighted by Gasteiger charge is -2.12. The number of halogens is 2. The Kier molecular flexibility index (Phi) is 5.13. The SMILES string of the molecule is Cc1ccc(CO)cc1S(=O)(=O)Nc1ccc(I)cc1Cl. The largest absolute Gasteiger partial charge is 0.392 e. The fourth-order valence-corrected chi connectivity index (χ4v) is 4.14. The Morgan fingerprint density at radius 2 is 1.95 bits per heavy atom. The maximum atomic E-state index is 12.5. The highest BCUT2D eigenvalue weighted by atomic mass is 127. The molecule has 0 aromatic heterocycles. The Hall–Kier alpha value is -0.830. The first-order valence-electron chi connectivity index (χ1n) is 6.02. The predicted molar refractivity (Wildman–Crippen MR) is 92.1 cm³/mol. The van der Waals surface area contributed by atoms with Gasteiger partial charge >= 0.3 is 0 Å². The van der Waals surface area contributed by atoms with E-state index in [1.807, 2.05) is 0 Å². The van der Waals surface area contributed by atoms with Crippen molar-refractivity contribution in [3.63, 3.8) is 0 Å². The first-order valence-corrected chi connectivity index (χ1v) is 8.96. The second-order valence-electron chi connectivity index (χ2n) is 4.49. The molecular formula is C14H13ClINO3S. The van der Waals surface area contributed by atoms with Gasteiger partial charge in [-0.15, -0.1) is 0 Å². The van der Waals surface area contributed by atoms with Gasteiger partial charge in [0.25, 0.3) is 10.0 Å². The minimum atomic E-state index is -3.76. The smallest absolute Gasteiger partial charge is 0.262 e. The molecule has 0 saturated carbocycles. The van der Waals surface area contributed by atoms with Crippen LogP contribution in [0.25, 0.3) is 0 Å². The molecule has 0 amide bonds. The molecule has 0 heterocycles. The molecule has 0 unspecified atom stereocenters. The summed E-state index contributed by atoms with van der Waals surface area (Å²) in [6.07, 6.45) is 0. The van der Waals surface area contributed by atoms with Crippen LogP contribution in [0.1, 0.15) is 11.1 Å². The van der Waals surface area contributed by atoms with E-state index in [2.05, 4.69) is 27.3 Å². The number of aliphatic hydroxyl groups excluding tert-OH is 1. The summed E-state index contributed by atoms with van der Waals surface area (Å²) in [6, 6.07) is 9.87. The van der Waals surface area contributed by atoms with Crippen LogP contribution in [-0.2, 0) is 16.6 Å². The normalized spacial score (nSPS) is 11.4. The molecule has 0 atom stereocenters. The van der Waals surface area contributed by atoms with Crippen molar-refractivity contribution in [2.75, 3.05) is 4.72 Å². The molecule has 0 aliphatic rings. The molecular weight excluding hydrogens is 425 g/mol. The monoisotopic (exact) mass is 437 g/mol. The summed E-state index contributed by atoms with van der Waals surface area (Å²) in [5.41, 5.74) is 1.46. The third-order valence-electron chi connectivity index (χ3n) is 2.90. The Morgan fingerprint density at radius 1 is 1.24 bits per heavy atom. The lowest BCUT2D eigenvalue weighted by Crippen LogP contribution is -2.15. The van der Waals surface area contributed by atoms with Gasteiger partial charge in [0.2, 0.25) is 0 Å². The first-order chi connectivity index (χ1) is 9.83. The molecule has 0 spiro atoms. The summed E-state index contributed by atoms with van der Waals surface area (Å²) < 4.78 is 28.3. The van der Waals surface area contributed by atoms with Gasteiger partial charge in [-0.2, -0.15) is 0 Å². The van der Waals surface area contributed by atoms with E-state index in [9.17, 15) is 8.42 Å². The molecule has 0 fully saturated rings. The number of rotatable bonds is 4. The lowest BCUT2D eigenvalue weighted by atomic mass is 10.2. The zero-order chi connectivity index (χ0) is 15.6. The van der Waals surface area contributed by atoms with Crippen LogP contribution in [-0.4, -0.2) is 13.5 Å². The van der Waals surface area contributed by atoms with E-state index in [1.54, 1.807) is 37.3 Å². The third-order valence-corrected chi connectivity index (χ3v) is 5.39. The average molecular weight is 438 g/mol. The zero-order valence-electron chi connectivity index (χ0n) is 11.1. The van der Waals surface area contributed by atoms with Gasteiger partial charge < -0.3 is 5.11 Å². The topological polar surface area (TPSA) is 66.4 Å². The van der Waals surface area contributed by atoms with Crippen LogP contribution >= 0.6 is 34.2 Å². The molecule has 0 radical (unpaired) electrons. The van der Waals surface area contributed by atoms with Gasteiger partial charge in [0, 0.05) is 3.57 Å². The molecule has 2 aromatic carbocycles. The van der Waals surface area contributed by atoms with Crippen LogP contribution in [0.5, 0.6) is 0 Å². The number of sulfonamides is 1. The molecule has 0 aliphatic heterocycles. The summed E-state index contributed by atoms with van der Waals surface area (Å²) in [5.74, 6) is 0. The van der Waals surface area contributed by atoms with Gasteiger partial charge in [-0.25, -0.2) is 8.42 Å². The van der Waals surface area contributed by atoms with E-state index >= 15 is 0 Å². The number of aliphatic hydroxyl groups is 1. The molecule has 21 heavy (non-hydrogen) atoms. The number of anilines is 1. The summed E-state index contributed by atoms with van der Waals surface area (Å²) in [5, 5.41) is 9.48. The fourth-order valence-electron chi connectivity index (χ4n) is 1.80. The third kappa shape index (κ3) is 3.88. The molecule has 0 aliphatic carbocycles. The number of hydrogen-bond donors (Lipinski definition) is 2. The second-order valence-corrected chi connectivity index (χ2v) is 7.79. The highest BCUT2D eigenvalue weighted by Gasteiger charge is 2.18. The van der Waals surface area contributed by atoms with E-state index < -0.39 is 10.0 Å². The van der Waals surface area contributed by atoms with Crippen LogP contribution in [0.15, 0.2) is 41.3 Å². The zero-order valence-corrected chi connectivity index (χ0v) is 14.8. The Labute approximate surface area is 142 Å². The first kappa shape index (κ1) is 16.5. The lowest BCUT2D eigenvalue weighted by molar-refractivity contribution is 0.281. The number of hydrogen-bond acceptors (Lipinski definition) is 3. The Morgan fingerprint density at radius 3 is 2.57 bits per heavy atom. The van der Waals surface area contributed by atoms with Crippen molar-refractivity contribution in [3.8, 4) is 0 Å². The molecule has 2 aromatic rings. The quantitative estimate of drug-likeness (QED) is 0.719. The van der Waals surface area contributed by atoms with Crippen molar-refractivity contribution in [2.24, 2.45) is 0 Å². The second kappa shape index (κ2) is 6.51. The van der Waals surface area contributed by atoms with Crippen molar-refractivity contribution < 1.29 is 13.5 Å². The molecule has 7 heteroatoms. The van der Waals surface area contributed by atoms with Gasteiger partial charge in [-0.1, -0.05) is 23.7 Å². The van der Waals surface area contributed by atoms with Crippen molar-refractivity contribution in [1.29, 1.82) is 0 Å². The van der Waals surface area contributed by atoms with Crippen LogP contribution in [0.3, 0.4) is 0 Å². The summed E-state index contributed by atoms with van der Waals surface area (Å²) in [4.78, 5) is 0.128. The Bertz CT molecular complexity index is 778. The van der Waals surface area contributed by atoms with Crippen molar-refractivity contribution in [1.82, 2.24) is 0 Å². The van der Waals surface area contributed by atoms with Gasteiger partial charge in [0.05, 0.1) is 22.2 Å².